The van der Waals surface area contributed by atoms with Crippen molar-refractivity contribution < 1.29 is 57.6 Å². The van der Waals surface area contributed by atoms with Crippen LogP contribution >= 0.6 is 0 Å². The van der Waals surface area contributed by atoms with Gasteiger partial charge in [-0.1, -0.05) is 77.6 Å². The molecule has 5 aliphatic rings. The second-order valence-corrected chi connectivity index (χ2v) is 16.3. The summed E-state index contributed by atoms with van der Waals surface area (Å²) in [5.41, 5.74) is -0.559. The predicted octanol–water partition coefficient (Wildman–Crippen LogP) is 3.25. The van der Waals surface area contributed by atoms with Crippen LogP contribution in [-0.2, 0) is 59.0 Å². The van der Waals surface area contributed by atoms with Gasteiger partial charge >= 0.3 is 17.9 Å². The zero-order chi connectivity index (χ0) is 40.1. The fourth-order valence-electron chi connectivity index (χ4n) is 8.60. The van der Waals surface area contributed by atoms with Gasteiger partial charge in [0.15, 0.2) is 11.8 Å². The Bertz CT molecular complexity index is 1620. The highest BCUT2D eigenvalue weighted by molar-refractivity contribution is 5.94. The van der Waals surface area contributed by atoms with Crippen molar-refractivity contribution in [3.63, 3.8) is 0 Å². The van der Waals surface area contributed by atoms with Crippen molar-refractivity contribution in [2.45, 2.75) is 141 Å². The largest absolute Gasteiger partial charge is 0.462 e. The summed E-state index contributed by atoms with van der Waals surface area (Å²) in [4.78, 5) is 72.1. The summed E-state index contributed by atoms with van der Waals surface area (Å²) in [5.74, 6) is -3.47. The number of hydrogen-bond acceptors (Lipinski definition) is 13. The zero-order valence-corrected chi connectivity index (χ0v) is 32.9. The Morgan fingerprint density at radius 1 is 0.946 bits per heavy atom. The summed E-state index contributed by atoms with van der Waals surface area (Å²) in [6, 6.07) is 6.13. The summed E-state index contributed by atoms with van der Waals surface area (Å²) < 4.78 is 30.3. The Hall–Kier alpha value is -3.89. The number of nitrogens with one attached hydrogen (secondary N) is 2. The monoisotopic (exact) mass is 783 g/mol. The lowest BCUT2D eigenvalue weighted by Gasteiger charge is -2.48. The third kappa shape index (κ3) is 8.66. The molecule has 1 aliphatic carbocycles. The summed E-state index contributed by atoms with van der Waals surface area (Å²) >= 11 is 0. The molecule has 4 saturated heterocycles. The molecule has 15 heteroatoms. The number of carbonyl (C=O) groups excluding carboxylic acids is 5. The number of cyclic esters (lactones) is 1. The molecule has 0 unspecified atom stereocenters. The number of aliphatic hydroxyl groups excluding tert-OH is 1. The fourth-order valence-corrected chi connectivity index (χ4v) is 8.60. The van der Waals surface area contributed by atoms with Crippen molar-refractivity contribution >= 4 is 35.8 Å². The number of unbranched alkanes of at least 4 members (excludes halogenated alkanes) is 4. The number of rotatable bonds is 19. The Morgan fingerprint density at radius 2 is 1.64 bits per heavy atom. The van der Waals surface area contributed by atoms with Gasteiger partial charge in [-0.25, -0.2) is 9.59 Å². The molecule has 7 atom stereocenters. The third-order valence-corrected chi connectivity index (χ3v) is 11.5. The standard InChI is InChI=1S/C41H57N3O12/c1-5-7-9-18-40(19-10-8-6-2)54-31-28-23-41(38(50)43-20-17-29(46)42-21-22-45)33(36(48)52-28)44(56-34(41)32(31)55-40)24-27-13-11-26(12-14-27)15-16-30(47)53-35-37(49)51-25-39(35,3)4/h11-16,28,31-35,45H,5-10,17-25H2,1-4H3,(H,42,46)(H,43,50)/t28-,31+,32+,33+,34-,35+,41+/m1/s1. The minimum Gasteiger partial charge on any atom is -0.462 e. The lowest BCUT2D eigenvalue weighted by Crippen LogP contribution is -2.69. The quantitative estimate of drug-likeness (QED) is 0.0804. The van der Waals surface area contributed by atoms with E-state index in [4.69, 9.17) is 33.6 Å². The van der Waals surface area contributed by atoms with Gasteiger partial charge in [0.25, 0.3) is 0 Å². The summed E-state index contributed by atoms with van der Waals surface area (Å²) in [5, 5.41) is 16.1. The van der Waals surface area contributed by atoms with Crippen molar-refractivity contribution in [1.82, 2.24) is 15.7 Å². The fraction of sp³-hybridized carbons (Fsp3) is 0.683. The maximum absolute atomic E-state index is 14.5. The maximum atomic E-state index is 14.5. The number of esters is 3. The van der Waals surface area contributed by atoms with E-state index >= 15 is 0 Å². The maximum Gasteiger partial charge on any atom is 0.348 e. The first-order chi connectivity index (χ1) is 26.9. The molecule has 4 heterocycles. The van der Waals surface area contributed by atoms with Crippen LogP contribution in [-0.4, -0.2) is 109 Å². The van der Waals surface area contributed by atoms with Crippen LogP contribution in [0.5, 0.6) is 0 Å². The van der Waals surface area contributed by atoms with Crippen molar-refractivity contribution in [2.24, 2.45) is 10.8 Å². The molecule has 0 aromatic heterocycles. The van der Waals surface area contributed by atoms with Crippen molar-refractivity contribution in [3.8, 4) is 0 Å². The Morgan fingerprint density at radius 3 is 2.29 bits per heavy atom. The first-order valence-electron chi connectivity index (χ1n) is 20.2. The van der Waals surface area contributed by atoms with Gasteiger partial charge in [0.1, 0.15) is 36.4 Å². The normalized spacial score (nSPS) is 29.8. The van der Waals surface area contributed by atoms with E-state index in [9.17, 15) is 24.0 Å². The number of hydrogen-bond donors (Lipinski definition) is 3. The Labute approximate surface area is 328 Å². The summed E-state index contributed by atoms with van der Waals surface area (Å²) in [6.07, 6.45) is 6.29. The van der Waals surface area contributed by atoms with E-state index in [0.717, 1.165) is 44.1 Å². The number of benzene rings is 1. The second kappa shape index (κ2) is 17.7. The molecule has 308 valence electrons. The highest BCUT2D eigenvalue weighted by Crippen LogP contribution is 2.58. The third-order valence-electron chi connectivity index (χ3n) is 11.5. The van der Waals surface area contributed by atoms with Crippen LogP contribution in [0.15, 0.2) is 30.3 Å². The molecule has 1 aromatic carbocycles. The van der Waals surface area contributed by atoms with Crippen molar-refractivity contribution in [1.29, 1.82) is 0 Å². The van der Waals surface area contributed by atoms with Gasteiger partial charge in [0.05, 0.1) is 13.2 Å². The highest BCUT2D eigenvalue weighted by atomic mass is 16.8. The number of nitrogens with zero attached hydrogens (tertiary/aromatic N) is 1. The Kier molecular flexibility index (Phi) is 13.2. The highest BCUT2D eigenvalue weighted by Gasteiger charge is 2.76. The minimum atomic E-state index is -1.39. The van der Waals surface area contributed by atoms with Crippen LogP contribution in [0, 0.1) is 10.8 Å². The van der Waals surface area contributed by atoms with Crippen molar-refractivity contribution in [3.05, 3.63) is 41.5 Å². The molecule has 2 bridgehead atoms. The molecule has 0 radical (unpaired) electrons. The molecular weight excluding hydrogens is 726 g/mol. The first-order valence-corrected chi connectivity index (χ1v) is 20.2. The molecule has 15 nitrogen and oxygen atoms in total. The zero-order valence-electron chi connectivity index (χ0n) is 32.9. The van der Waals surface area contributed by atoms with Crippen LogP contribution in [0.25, 0.3) is 6.08 Å². The van der Waals surface area contributed by atoms with Gasteiger partial charge in [0, 0.05) is 50.3 Å². The number of fused-ring (bicyclic) bond motifs is 4. The van der Waals surface area contributed by atoms with Crippen LogP contribution in [0.1, 0.15) is 103 Å². The van der Waals surface area contributed by atoms with E-state index in [-0.39, 0.29) is 51.6 Å². The van der Waals surface area contributed by atoms with E-state index in [1.165, 1.54) is 11.1 Å². The summed E-state index contributed by atoms with van der Waals surface area (Å²) in [7, 11) is 0. The predicted molar refractivity (Wildman–Crippen MR) is 200 cm³/mol. The number of ether oxygens (including phenoxy) is 5. The molecule has 5 fully saturated rings. The molecular formula is C41H57N3O12. The van der Waals surface area contributed by atoms with Crippen LogP contribution < -0.4 is 10.6 Å². The van der Waals surface area contributed by atoms with Gasteiger partial charge in [0.2, 0.25) is 17.9 Å². The number of hydroxylamine groups is 2. The average Bonchev–Trinajstić information content (AvgIpc) is 3.81. The van der Waals surface area contributed by atoms with E-state index in [2.05, 4.69) is 24.5 Å². The SMILES string of the molecule is CCCCCC1(CCCCC)O[C@@H]2[C@H](O1)[C@H]1ON(Cc3ccc(C=CC(=O)O[C@H]4C(=O)OCC4(C)C)cc3)[C@H]3C(=O)O[C@@H]2C[C@@]13C(=O)NCCC(=O)NCCO. The molecule has 1 saturated carbocycles. The number of amides is 2. The average molecular weight is 784 g/mol. The van der Waals surface area contributed by atoms with E-state index in [1.54, 1.807) is 32.1 Å². The molecule has 6 rings (SSSR count). The first kappa shape index (κ1) is 41.7. The van der Waals surface area contributed by atoms with Gasteiger partial charge in [-0.2, -0.15) is 5.06 Å². The van der Waals surface area contributed by atoms with E-state index < -0.39 is 77.0 Å². The van der Waals surface area contributed by atoms with Gasteiger partial charge < -0.3 is 39.4 Å². The molecule has 56 heavy (non-hydrogen) atoms. The minimum absolute atomic E-state index is 0.0111. The molecule has 2 amide bonds. The lowest BCUT2D eigenvalue weighted by atomic mass is 9.62. The van der Waals surface area contributed by atoms with Gasteiger partial charge in [-0.05, 0) is 30.0 Å². The summed E-state index contributed by atoms with van der Waals surface area (Å²) in [6.45, 7) is 8.10. The number of carbonyl (C=O) groups is 5. The Balaban J connectivity index is 1.22. The van der Waals surface area contributed by atoms with Crippen molar-refractivity contribution in [2.75, 3.05) is 26.3 Å². The molecule has 0 spiro atoms. The van der Waals surface area contributed by atoms with Gasteiger partial charge in [-0.15, -0.1) is 0 Å². The van der Waals surface area contributed by atoms with Crippen LogP contribution in [0.4, 0.5) is 0 Å². The second-order valence-electron chi connectivity index (χ2n) is 16.3. The lowest BCUT2D eigenvalue weighted by molar-refractivity contribution is -0.224. The van der Waals surface area contributed by atoms with E-state index in [1.807, 2.05) is 12.1 Å². The van der Waals surface area contributed by atoms with Crippen LogP contribution in [0.2, 0.25) is 0 Å². The topological polar surface area (TPSA) is 188 Å². The smallest absolute Gasteiger partial charge is 0.348 e. The van der Waals surface area contributed by atoms with Crippen LogP contribution in [0.3, 0.4) is 0 Å². The number of aliphatic hydroxyl groups is 1. The van der Waals surface area contributed by atoms with Gasteiger partial charge in [-0.3, -0.25) is 19.2 Å². The van der Waals surface area contributed by atoms with E-state index in [0.29, 0.717) is 18.4 Å². The molecule has 1 aromatic rings. The molecule has 3 N–H and O–H groups in total. The molecule has 4 aliphatic heterocycles.